The summed E-state index contributed by atoms with van der Waals surface area (Å²) in [5.41, 5.74) is 6.92. The van der Waals surface area contributed by atoms with E-state index in [0.717, 1.165) is 10.9 Å². The molecule has 39 heavy (non-hydrogen) atoms. The standard InChI is InChI=1S/C28H21Cl2N5O3S/c29-18-10-9-17(23(30)14-18)13-19(15-35-26(37)21-7-3-4-8-22(21)27(35)38)32-28(39)34-33-25(36)24-20-6-2-1-5-16(20)11-12-31-24/h1-12,14,19H,13,15H2,(H,33,36)(H2,32,34,39)/t19-/m1/s1. The summed E-state index contributed by atoms with van der Waals surface area (Å²) in [5.74, 6) is -1.26. The van der Waals surface area contributed by atoms with E-state index in [2.05, 4.69) is 21.2 Å². The number of hydrogen-bond acceptors (Lipinski definition) is 5. The Balaban J connectivity index is 1.31. The SMILES string of the molecule is O=C(NNC(=S)N[C@H](Cc1ccc(Cl)cc1Cl)CN1C(=O)c2ccccc2C1=O)c1nccc2ccccc12. The van der Waals surface area contributed by atoms with Gasteiger partial charge < -0.3 is 5.32 Å². The third-order valence-electron chi connectivity index (χ3n) is 6.28. The van der Waals surface area contributed by atoms with E-state index < -0.39 is 11.9 Å². The summed E-state index contributed by atoms with van der Waals surface area (Å²) in [4.78, 5) is 44.2. The second-order valence-electron chi connectivity index (χ2n) is 8.84. The molecule has 3 amide bonds. The molecule has 5 rings (SSSR count). The molecule has 1 atom stereocenters. The molecule has 0 saturated heterocycles. The minimum absolute atomic E-state index is 0.00590. The topological polar surface area (TPSA) is 103 Å². The highest BCUT2D eigenvalue weighted by Crippen LogP contribution is 2.25. The van der Waals surface area contributed by atoms with Crippen molar-refractivity contribution >= 4 is 69.0 Å². The van der Waals surface area contributed by atoms with Gasteiger partial charge in [-0.15, -0.1) is 0 Å². The number of carbonyl (C=O) groups is 3. The van der Waals surface area contributed by atoms with E-state index in [-0.39, 0.29) is 29.2 Å². The van der Waals surface area contributed by atoms with Gasteiger partial charge in [-0.25, -0.2) is 0 Å². The second-order valence-corrected chi connectivity index (χ2v) is 10.1. The summed E-state index contributed by atoms with van der Waals surface area (Å²) >= 11 is 17.9. The number of thiocarbonyl (C=S) groups is 1. The molecule has 1 aromatic heterocycles. The van der Waals surface area contributed by atoms with Gasteiger partial charge in [-0.2, -0.15) is 0 Å². The quantitative estimate of drug-likeness (QED) is 0.175. The molecule has 11 heteroatoms. The summed E-state index contributed by atoms with van der Waals surface area (Å²) in [6, 6.07) is 20.4. The number of aromatic nitrogens is 1. The molecular formula is C28H21Cl2N5O3S. The zero-order valence-corrected chi connectivity index (χ0v) is 22.6. The number of carbonyl (C=O) groups excluding carboxylic acids is 3. The summed E-state index contributed by atoms with van der Waals surface area (Å²) in [7, 11) is 0. The molecule has 1 aliphatic rings. The fourth-order valence-electron chi connectivity index (χ4n) is 4.43. The van der Waals surface area contributed by atoms with Crippen LogP contribution < -0.4 is 16.2 Å². The Hall–Kier alpha value is -4.05. The number of imide groups is 1. The van der Waals surface area contributed by atoms with Crippen LogP contribution in [0.3, 0.4) is 0 Å². The van der Waals surface area contributed by atoms with Crippen LogP contribution in [0.1, 0.15) is 36.8 Å². The van der Waals surface area contributed by atoms with Gasteiger partial charge in [0.05, 0.1) is 17.2 Å². The fourth-order valence-corrected chi connectivity index (χ4v) is 5.14. The van der Waals surface area contributed by atoms with Crippen molar-refractivity contribution in [2.75, 3.05) is 6.54 Å². The molecule has 3 N–H and O–H groups in total. The van der Waals surface area contributed by atoms with Crippen LogP contribution in [0.15, 0.2) is 79.0 Å². The molecule has 4 aromatic rings. The maximum Gasteiger partial charge on any atom is 0.288 e. The number of amides is 3. The van der Waals surface area contributed by atoms with Gasteiger partial charge in [-0.1, -0.05) is 65.7 Å². The van der Waals surface area contributed by atoms with Gasteiger partial charge in [0.1, 0.15) is 5.69 Å². The number of nitrogens with one attached hydrogen (secondary N) is 3. The van der Waals surface area contributed by atoms with Gasteiger partial charge in [0, 0.05) is 28.2 Å². The lowest BCUT2D eigenvalue weighted by Gasteiger charge is -2.25. The van der Waals surface area contributed by atoms with Crippen molar-refractivity contribution in [3.05, 3.63) is 111 Å². The second kappa shape index (κ2) is 11.4. The molecule has 3 aromatic carbocycles. The van der Waals surface area contributed by atoms with E-state index in [1.54, 1.807) is 48.7 Å². The zero-order valence-electron chi connectivity index (χ0n) is 20.3. The normalized spacial score (nSPS) is 13.2. The maximum atomic E-state index is 13.0. The number of hydrogen-bond donors (Lipinski definition) is 3. The number of nitrogens with zero attached hydrogens (tertiary/aromatic N) is 2. The Kier molecular flexibility index (Phi) is 7.74. The van der Waals surface area contributed by atoms with Crippen molar-refractivity contribution in [2.24, 2.45) is 0 Å². The number of hydrazine groups is 1. The summed E-state index contributed by atoms with van der Waals surface area (Å²) in [6.45, 7) is 0.00590. The lowest BCUT2D eigenvalue weighted by atomic mass is 10.1. The van der Waals surface area contributed by atoms with Crippen LogP contribution in [0.2, 0.25) is 10.0 Å². The smallest absolute Gasteiger partial charge is 0.288 e. The first kappa shape index (κ1) is 26.6. The van der Waals surface area contributed by atoms with Gasteiger partial charge in [-0.05, 0) is 59.9 Å². The molecular weight excluding hydrogens is 557 g/mol. The number of pyridine rings is 1. The molecule has 0 bridgehead atoms. The molecule has 0 unspecified atom stereocenters. The van der Waals surface area contributed by atoms with Gasteiger partial charge >= 0.3 is 0 Å². The largest absolute Gasteiger partial charge is 0.356 e. The van der Waals surface area contributed by atoms with Crippen molar-refractivity contribution in [2.45, 2.75) is 12.5 Å². The van der Waals surface area contributed by atoms with Crippen molar-refractivity contribution in [3.63, 3.8) is 0 Å². The molecule has 0 saturated carbocycles. The first-order valence-electron chi connectivity index (χ1n) is 11.9. The van der Waals surface area contributed by atoms with Crippen LogP contribution in [0, 0.1) is 0 Å². The van der Waals surface area contributed by atoms with Gasteiger partial charge in [-0.3, -0.25) is 35.1 Å². The van der Waals surface area contributed by atoms with Crippen molar-refractivity contribution in [3.8, 4) is 0 Å². The summed E-state index contributed by atoms with van der Waals surface area (Å²) in [5, 5.41) is 5.66. The van der Waals surface area contributed by atoms with Crippen LogP contribution in [0.5, 0.6) is 0 Å². The minimum atomic E-state index is -0.543. The van der Waals surface area contributed by atoms with E-state index in [0.29, 0.717) is 33.0 Å². The van der Waals surface area contributed by atoms with Gasteiger partial charge in [0.25, 0.3) is 17.7 Å². The Bertz CT molecular complexity index is 1590. The first-order chi connectivity index (χ1) is 18.8. The summed E-state index contributed by atoms with van der Waals surface area (Å²) in [6.07, 6.45) is 1.87. The van der Waals surface area contributed by atoms with Crippen LogP contribution in [-0.4, -0.2) is 45.3 Å². The molecule has 8 nitrogen and oxygen atoms in total. The van der Waals surface area contributed by atoms with E-state index in [9.17, 15) is 14.4 Å². The average Bonchev–Trinajstić information content (AvgIpc) is 3.17. The third kappa shape index (κ3) is 5.70. The number of rotatable bonds is 6. The Morgan fingerprint density at radius 3 is 2.33 bits per heavy atom. The lowest BCUT2D eigenvalue weighted by Crippen LogP contribution is -2.53. The van der Waals surface area contributed by atoms with Crippen molar-refractivity contribution < 1.29 is 14.4 Å². The predicted molar refractivity (Wildman–Crippen MR) is 154 cm³/mol. The fraction of sp³-hybridized carbons (Fsp3) is 0.107. The molecule has 1 aliphatic heterocycles. The van der Waals surface area contributed by atoms with Gasteiger partial charge in [0.15, 0.2) is 5.11 Å². The number of fused-ring (bicyclic) bond motifs is 2. The van der Waals surface area contributed by atoms with Crippen LogP contribution in [0.25, 0.3) is 10.8 Å². The van der Waals surface area contributed by atoms with Crippen LogP contribution >= 0.6 is 35.4 Å². The first-order valence-corrected chi connectivity index (χ1v) is 13.1. The monoisotopic (exact) mass is 577 g/mol. The third-order valence-corrected chi connectivity index (χ3v) is 7.08. The number of halogens is 2. The highest BCUT2D eigenvalue weighted by atomic mass is 35.5. The Labute approximate surface area is 239 Å². The number of benzene rings is 3. The van der Waals surface area contributed by atoms with Gasteiger partial charge in [0.2, 0.25) is 0 Å². The highest BCUT2D eigenvalue weighted by Gasteiger charge is 2.36. The summed E-state index contributed by atoms with van der Waals surface area (Å²) < 4.78 is 0. The average molecular weight is 578 g/mol. The molecule has 196 valence electrons. The predicted octanol–water partition coefficient (Wildman–Crippen LogP) is 4.56. The van der Waals surface area contributed by atoms with Crippen molar-refractivity contribution in [1.29, 1.82) is 0 Å². The van der Waals surface area contributed by atoms with Crippen LogP contribution in [0.4, 0.5) is 0 Å². The van der Waals surface area contributed by atoms with Crippen molar-refractivity contribution in [1.82, 2.24) is 26.1 Å². The Morgan fingerprint density at radius 2 is 1.62 bits per heavy atom. The molecule has 0 radical (unpaired) electrons. The Morgan fingerprint density at radius 1 is 0.923 bits per heavy atom. The van der Waals surface area contributed by atoms with E-state index in [4.69, 9.17) is 35.4 Å². The highest BCUT2D eigenvalue weighted by molar-refractivity contribution is 7.80. The molecule has 0 aliphatic carbocycles. The molecule has 0 fully saturated rings. The minimum Gasteiger partial charge on any atom is -0.356 e. The van der Waals surface area contributed by atoms with Crippen LogP contribution in [-0.2, 0) is 6.42 Å². The molecule has 2 heterocycles. The van der Waals surface area contributed by atoms with E-state index in [1.165, 1.54) is 4.90 Å². The van der Waals surface area contributed by atoms with E-state index in [1.807, 2.05) is 30.3 Å². The molecule has 0 spiro atoms. The van der Waals surface area contributed by atoms with E-state index >= 15 is 0 Å². The maximum absolute atomic E-state index is 13.0. The zero-order chi connectivity index (χ0) is 27.5. The lowest BCUT2D eigenvalue weighted by molar-refractivity contribution is 0.0641.